The first-order chi connectivity index (χ1) is 9.90. The first-order valence-electron chi connectivity index (χ1n) is 6.24. The highest BCUT2D eigenvalue weighted by Crippen LogP contribution is 2.33. The van der Waals surface area contributed by atoms with Crippen molar-refractivity contribution in [1.29, 1.82) is 0 Å². The number of benzene rings is 1. The molecule has 6 heteroatoms. The van der Waals surface area contributed by atoms with Crippen LogP contribution < -0.4 is 10.4 Å². The Hall–Kier alpha value is -2.76. The van der Waals surface area contributed by atoms with E-state index in [0.29, 0.717) is 5.39 Å². The Balaban J connectivity index is 2.38. The van der Waals surface area contributed by atoms with Crippen molar-refractivity contribution in [1.82, 2.24) is 0 Å². The third kappa shape index (κ3) is 1.87. The van der Waals surface area contributed by atoms with E-state index in [-0.39, 0.29) is 16.9 Å². The summed E-state index contributed by atoms with van der Waals surface area (Å²) in [6.07, 6.45) is 0. The van der Waals surface area contributed by atoms with Crippen molar-refractivity contribution >= 4 is 28.5 Å². The van der Waals surface area contributed by atoms with E-state index in [4.69, 9.17) is 9.15 Å². The third-order valence-electron chi connectivity index (χ3n) is 3.37. The van der Waals surface area contributed by atoms with Crippen LogP contribution in [0.1, 0.15) is 22.8 Å². The van der Waals surface area contributed by atoms with Crippen molar-refractivity contribution in [3.63, 3.8) is 0 Å². The Morgan fingerprint density at radius 3 is 2.57 bits per heavy atom. The molecule has 0 saturated heterocycles. The van der Waals surface area contributed by atoms with Gasteiger partial charge in [0.1, 0.15) is 11.1 Å². The van der Waals surface area contributed by atoms with E-state index in [1.54, 1.807) is 18.2 Å². The lowest BCUT2D eigenvalue weighted by atomic mass is 9.91. The summed E-state index contributed by atoms with van der Waals surface area (Å²) in [7, 11) is 0. The molecule has 1 atom stereocenters. The van der Waals surface area contributed by atoms with Gasteiger partial charge in [0.05, 0.1) is 5.39 Å². The molecule has 6 nitrogen and oxygen atoms in total. The normalized spacial score (nSPS) is 17.5. The molecule has 0 radical (unpaired) electrons. The molecule has 1 aromatic heterocycles. The number of esters is 1. The number of ether oxygens (including phenoxy) is 1. The highest BCUT2D eigenvalue weighted by Gasteiger charge is 2.42. The molecule has 0 fully saturated rings. The van der Waals surface area contributed by atoms with Crippen LogP contribution in [0.5, 0.6) is 5.75 Å². The van der Waals surface area contributed by atoms with Crippen LogP contribution in [-0.2, 0) is 9.59 Å². The molecular formula is C15H10O6. The molecular weight excluding hydrogens is 276 g/mol. The maximum atomic E-state index is 12.2. The predicted molar refractivity (Wildman–Crippen MR) is 71.4 cm³/mol. The van der Waals surface area contributed by atoms with E-state index in [9.17, 15) is 19.2 Å². The molecule has 1 aliphatic heterocycles. The van der Waals surface area contributed by atoms with Gasteiger partial charge in [-0.1, -0.05) is 11.6 Å². The van der Waals surface area contributed by atoms with Crippen molar-refractivity contribution < 1.29 is 23.5 Å². The molecule has 2 aromatic rings. The Morgan fingerprint density at radius 1 is 1.19 bits per heavy atom. The van der Waals surface area contributed by atoms with Gasteiger partial charge in [-0.3, -0.25) is 14.4 Å². The van der Waals surface area contributed by atoms with Gasteiger partial charge in [0, 0.05) is 0 Å². The number of fused-ring (bicyclic) bond motifs is 3. The molecule has 0 spiro atoms. The summed E-state index contributed by atoms with van der Waals surface area (Å²) in [5.74, 6) is -4.22. The molecule has 1 aromatic carbocycles. The monoisotopic (exact) mass is 286 g/mol. The number of ketones is 2. The number of rotatable bonds is 1. The van der Waals surface area contributed by atoms with E-state index in [0.717, 1.165) is 12.5 Å². The molecule has 1 aliphatic rings. The predicted octanol–water partition coefficient (Wildman–Crippen LogP) is 1.41. The lowest BCUT2D eigenvalue weighted by Crippen LogP contribution is -2.40. The van der Waals surface area contributed by atoms with Gasteiger partial charge in [-0.15, -0.1) is 0 Å². The zero-order valence-electron chi connectivity index (χ0n) is 11.3. The molecule has 21 heavy (non-hydrogen) atoms. The average molecular weight is 286 g/mol. The fraction of sp³-hybridized carbons (Fsp3) is 0.200. The minimum absolute atomic E-state index is 0.127. The number of Topliss-reactive ketones (excluding diaryl/α,β-unsaturated/α-hetero) is 2. The van der Waals surface area contributed by atoms with E-state index in [1.165, 1.54) is 0 Å². The summed E-state index contributed by atoms with van der Waals surface area (Å²) in [4.78, 5) is 47.5. The Morgan fingerprint density at radius 2 is 1.90 bits per heavy atom. The van der Waals surface area contributed by atoms with E-state index >= 15 is 0 Å². The molecule has 0 bridgehead atoms. The minimum Gasteiger partial charge on any atom is -0.424 e. The van der Waals surface area contributed by atoms with E-state index in [1.807, 2.05) is 6.92 Å². The van der Waals surface area contributed by atoms with E-state index in [2.05, 4.69) is 0 Å². The smallest absolute Gasteiger partial charge is 0.351 e. The Kier molecular flexibility index (Phi) is 2.76. The zero-order chi connectivity index (χ0) is 15.3. The van der Waals surface area contributed by atoms with Crippen LogP contribution in [0.25, 0.3) is 11.0 Å². The number of hydrogen-bond donors (Lipinski definition) is 0. The maximum absolute atomic E-state index is 12.2. The zero-order valence-corrected chi connectivity index (χ0v) is 11.3. The highest BCUT2D eigenvalue weighted by molar-refractivity contribution is 6.26. The topological polar surface area (TPSA) is 90.7 Å². The standard InChI is InChI=1S/C15H10O6/c1-6-3-4-9-8(5-6)13-11(15(19)20-9)12(17)10(7(2)16)14(18)21-13/h3-5,10H,1-2H3. The largest absolute Gasteiger partial charge is 0.424 e. The number of hydrogen-bond acceptors (Lipinski definition) is 6. The molecule has 0 amide bonds. The summed E-state index contributed by atoms with van der Waals surface area (Å²) < 4.78 is 10.2. The molecule has 0 N–H and O–H groups in total. The Labute approximate surface area is 118 Å². The van der Waals surface area contributed by atoms with Crippen LogP contribution in [0.15, 0.2) is 27.4 Å². The first-order valence-corrected chi connectivity index (χ1v) is 6.24. The van der Waals surface area contributed by atoms with Crippen molar-refractivity contribution in [2.24, 2.45) is 5.92 Å². The number of aryl methyl sites for hydroxylation is 1. The van der Waals surface area contributed by atoms with Crippen molar-refractivity contribution in [3.05, 3.63) is 39.7 Å². The summed E-state index contributed by atoms with van der Waals surface area (Å²) in [5.41, 5.74) is -0.236. The summed E-state index contributed by atoms with van der Waals surface area (Å²) in [5, 5.41) is 0.355. The van der Waals surface area contributed by atoms with Gasteiger partial charge in [-0.2, -0.15) is 0 Å². The van der Waals surface area contributed by atoms with Gasteiger partial charge in [-0.05, 0) is 26.0 Å². The van der Waals surface area contributed by atoms with Gasteiger partial charge >= 0.3 is 11.6 Å². The van der Waals surface area contributed by atoms with Gasteiger partial charge in [0.25, 0.3) is 0 Å². The summed E-state index contributed by atoms with van der Waals surface area (Å²) >= 11 is 0. The van der Waals surface area contributed by atoms with Gasteiger partial charge in [-0.25, -0.2) is 4.79 Å². The van der Waals surface area contributed by atoms with Gasteiger partial charge in [0.15, 0.2) is 23.2 Å². The molecule has 106 valence electrons. The Bertz CT molecular complexity index is 874. The molecule has 2 heterocycles. The second-order valence-corrected chi connectivity index (χ2v) is 4.92. The van der Waals surface area contributed by atoms with Gasteiger partial charge < -0.3 is 9.15 Å². The van der Waals surface area contributed by atoms with Crippen LogP contribution in [0.2, 0.25) is 0 Å². The second-order valence-electron chi connectivity index (χ2n) is 4.92. The number of carbonyl (C=O) groups excluding carboxylic acids is 3. The van der Waals surface area contributed by atoms with Crippen LogP contribution in [0, 0.1) is 12.8 Å². The van der Waals surface area contributed by atoms with Crippen LogP contribution in [0.3, 0.4) is 0 Å². The molecule has 1 unspecified atom stereocenters. The average Bonchev–Trinajstić information content (AvgIpc) is 2.38. The van der Waals surface area contributed by atoms with Gasteiger partial charge in [0.2, 0.25) is 0 Å². The molecule has 3 rings (SSSR count). The maximum Gasteiger partial charge on any atom is 0.351 e. The lowest BCUT2D eigenvalue weighted by molar-refractivity contribution is -0.141. The second kappa shape index (κ2) is 4.37. The summed E-state index contributed by atoms with van der Waals surface area (Å²) in [6, 6.07) is 4.93. The first kappa shape index (κ1) is 13.2. The quantitative estimate of drug-likeness (QED) is 0.447. The molecule has 0 saturated carbocycles. The lowest BCUT2D eigenvalue weighted by Gasteiger charge is -2.20. The fourth-order valence-electron chi connectivity index (χ4n) is 2.37. The van der Waals surface area contributed by atoms with Crippen LogP contribution in [-0.4, -0.2) is 17.5 Å². The van der Waals surface area contributed by atoms with Crippen LogP contribution >= 0.6 is 0 Å². The fourth-order valence-corrected chi connectivity index (χ4v) is 2.37. The molecule has 0 aliphatic carbocycles. The summed E-state index contributed by atoms with van der Waals surface area (Å²) in [6.45, 7) is 2.91. The number of carbonyl (C=O) groups is 3. The van der Waals surface area contributed by atoms with Crippen molar-refractivity contribution in [3.8, 4) is 5.75 Å². The van der Waals surface area contributed by atoms with Crippen molar-refractivity contribution in [2.75, 3.05) is 0 Å². The van der Waals surface area contributed by atoms with Crippen molar-refractivity contribution in [2.45, 2.75) is 13.8 Å². The van der Waals surface area contributed by atoms with Crippen LogP contribution in [0.4, 0.5) is 0 Å². The SMILES string of the molecule is CC(=O)C1C(=O)Oc2c(c(=O)oc3ccc(C)cc23)C1=O. The highest BCUT2D eigenvalue weighted by atomic mass is 16.5. The third-order valence-corrected chi connectivity index (χ3v) is 3.37. The van der Waals surface area contributed by atoms with E-state index < -0.39 is 29.1 Å². The minimum atomic E-state index is -1.59.